The van der Waals surface area contributed by atoms with E-state index < -0.39 is 0 Å². The molecule has 0 saturated heterocycles. The van der Waals surface area contributed by atoms with Crippen LogP contribution in [0.5, 0.6) is 0 Å². The van der Waals surface area contributed by atoms with Crippen LogP contribution < -0.4 is 0 Å². The highest BCUT2D eigenvalue weighted by Gasteiger charge is 1.97. The van der Waals surface area contributed by atoms with Gasteiger partial charge in [0.15, 0.2) is 0 Å². The first-order valence-electron chi connectivity index (χ1n) is 14.1. The van der Waals surface area contributed by atoms with Crippen LogP contribution in [0.4, 0.5) is 0 Å². The van der Waals surface area contributed by atoms with Gasteiger partial charge in [0, 0.05) is 0 Å². The van der Waals surface area contributed by atoms with Crippen LogP contribution in [0, 0.1) is 5.92 Å². The van der Waals surface area contributed by atoms with Crippen LogP contribution in [-0.4, -0.2) is 0 Å². The molecule has 0 aliphatic heterocycles. The molecule has 196 valence electrons. The highest BCUT2D eigenvalue weighted by molar-refractivity contribution is 5.10. The van der Waals surface area contributed by atoms with Gasteiger partial charge in [0.2, 0.25) is 0 Å². The number of hydrogen-bond acceptors (Lipinski definition) is 1. The second-order valence-electron chi connectivity index (χ2n) is 11.0. The summed E-state index contributed by atoms with van der Waals surface area (Å²) in [5, 5.41) is 0. The monoisotopic (exact) mass is 478 g/mol. The van der Waals surface area contributed by atoms with Crippen LogP contribution in [-0.2, 0) is 6.42 Å². The molecule has 0 atom stereocenters. The minimum Gasteiger partial charge on any atom is -0.472 e. The van der Waals surface area contributed by atoms with Crippen molar-refractivity contribution in [3.8, 4) is 0 Å². The zero-order valence-electron chi connectivity index (χ0n) is 24.1. The predicted molar refractivity (Wildman–Crippen MR) is 157 cm³/mol. The summed E-state index contributed by atoms with van der Waals surface area (Å²) in [4.78, 5) is 0. The lowest BCUT2D eigenvalue weighted by Gasteiger charge is -2.05. The Morgan fingerprint density at radius 2 is 1.03 bits per heavy atom. The largest absolute Gasteiger partial charge is 0.472 e. The maximum Gasteiger partial charge on any atom is 0.0934 e. The van der Waals surface area contributed by atoms with Gasteiger partial charge in [0.1, 0.15) is 0 Å². The first kappa shape index (κ1) is 31.0. The number of allylic oxidation sites excluding steroid dienone is 10. The summed E-state index contributed by atoms with van der Waals surface area (Å²) in [7, 11) is 0. The van der Waals surface area contributed by atoms with E-state index in [-0.39, 0.29) is 0 Å². The van der Waals surface area contributed by atoms with Gasteiger partial charge in [-0.1, -0.05) is 72.1 Å². The summed E-state index contributed by atoms with van der Waals surface area (Å²) in [6.07, 6.45) is 29.9. The number of rotatable bonds is 18. The Kier molecular flexibility index (Phi) is 17.0. The van der Waals surface area contributed by atoms with Crippen LogP contribution in [0.15, 0.2) is 81.3 Å². The molecular weight excluding hydrogens is 424 g/mol. The van der Waals surface area contributed by atoms with Gasteiger partial charge in [0.05, 0.1) is 12.5 Å². The van der Waals surface area contributed by atoms with Crippen molar-refractivity contribution in [1.82, 2.24) is 0 Å². The lowest BCUT2D eigenvalue weighted by molar-refractivity contribution is 0.564. The summed E-state index contributed by atoms with van der Waals surface area (Å²) in [5.41, 5.74) is 8.93. The van der Waals surface area contributed by atoms with Crippen molar-refractivity contribution in [1.29, 1.82) is 0 Å². The molecular formula is C34H54O. The summed E-state index contributed by atoms with van der Waals surface area (Å²) < 4.78 is 5.13. The molecule has 35 heavy (non-hydrogen) atoms. The topological polar surface area (TPSA) is 13.1 Å². The van der Waals surface area contributed by atoms with E-state index in [1.807, 2.05) is 6.26 Å². The van der Waals surface area contributed by atoms with Crippen molar-refractivity contribution in [2.45, 2.75) is 126 Å². The van der Waals surface area contributed by atoms with Gasteiger partial charge in [-0.25, -0.2) is 0 Å². The fourth-order valence-electron chi connectivity index (χ4n) is 4.13. The minimum atomic E-state index is 0.803. The molecule has 0 saturated carbocycles. The van der Waals surface area contributed by atoms with Crippen molar-refractivity contribution >= 4 is 0 Å². The first-order chi connectivity index (χ1) is 16.8. The summed E-state index contributed by atoms with van der Waals surface area (Å²) in [6.45, 7) is 16.0. The Bertz CT molecular complexity index is 824. The lowest BCUT2D eigenvalue weighted by Crippen LogP contribution is -1.88. The molecule has 1 aromatic rings. The molecule has 0 aliphatic rings. The molecule has 1 heteroatoms. The van der Waals surface area contributed by atoms with Gasteiger partial charge in [-0.2, -0.15) is 0 Å². The summed E-state index contributed by atoms with van der Waals surface area (Å²) in [5.74, 6) is 0.803. The highest BCUT2D eigenvalue weighted by atomic mass is 16.3. The molecule has 1 aromatic heterocycles. The molecule has 1 nitrogen and oxygen atoms in total. The zero-order valence-corrected chi connectivity index (χ0v) is 24.1. The van der Waals surface area contributed by atoms with Crippen LogP contribution in [0.3, 0.4) is 0 Å². The van der Waals surface area contributed by atoms with Crippen molar-refractivity contribution in [3.05, 3.63) is 82.4 Å². The second-order valence-corrected chi connectivity index (χ2v) is 11.0. The summed E-state index contributed by atoms with van der Waals surface area (Å²) in [6, 6.07) is 2.05. The Morgan fingerprint density at radius 1 is 0.629 bits per heavy atom. The standard InChI is InChI=1S/C34H54O/c1-28(2)23-24-33(7)20-11-19-31(5)16-9-15-29(3)13-8-14-30(4)17-10-18-32(6)21-12-22-34-25-26-35-27-34/h13,16-17,20-21,25-28H,8-12,14-15,18-19,22-24H2,1-7H3. The highest BCUT2D eigenvalue weighted by Crippen LogP contribution is 2.16. The summed E-state index contributed by atoms with van der Waals surface area (Å²) >= 11 is 0. The third kappa shape index (κ3) is 18.0. The molecule has 0 unspecified atom stereocenters. The SMILES string of the molecule is CC(=CCCC(C)=CCCC(C)=CCCc1ccoc1)CCC=C(C)CCC=C(C)CCC(C)C. The molecule has 0 aromatic carbocycles. The molecule has 0 amide bonds. The van der Waals surface area contributed by atoms with E-state index in [4.69, 9.17) is 4.42 Å². The molecule has 1 rings (SSSR count). The number of aryl methyl sites for hydroxylation is 1. The average molecular weight is 479 g/mol. The van der Waals surface area contributed by atoms with Gasteiger partial charge in [0.25, 0.3) is 0 Å². The molecule has 0 fully saturated rings. The third-order valence-corrected chi connectivity index (χ3v) is 6.75. The van der Waals surface area contributed by atoms with E-state index in [0.29, 0.717) is 0 Å². The predicted octanol–water partition coefficient (Wildman–Crippen LogP) is 11.5. The van der Waals surface area contributed by atoms with Gasteiger partial charge in [-0.3, -0.25) is 0 Å². The normalized spacial score (nSPS) is 14.3. The van der Waals surface area contributed by atoms with E-state index in [1.54, 1.807) is 11.8 Å². The van der Waals surface area contributed by atoms with Gasteiger partial charge in [-0.05, 0) is 129 Å². The fourth-order valence-corrected chi connectivity index (χ4v) is 4.13. The van der Waals surface area contributed by atoms with Crippen molar-refractivity contribution in [2.24, 2.45) is 5.92 Å². The molecule has 0 radical (unpaired) electrons. The van der Waals surface area contributed by atoms with E-state index in [0.717, 1.165) is 38.0 Å². The van der Waals surface area contributed by atoms with E-state index in [9.17, 15) is 0 Å². The first-order valence-corrected chi connectivity index (χ1v) is 14.1. The van der Waals surface area contributed by atoms with E-state index in [2.05, 4.69) is 84.9 Å². The molecule has 0 spiro atoms. The third-order valence-electron chi connectivity index (χ3n) is 6.75. The molecule has 0 bridgehead atoms. The molecule has 1 heterocycles. The van der Waals surface area contributed by atoms with E-state index >= 15 is 0 Å². The lowest BCUT2D eigenvalue weighted by atomic mass is 10.0. The van der Waals surface area contributed by atoms with Crippen LogP contribution in [0.2, 0.25) is 0 Å². The van der Waals surface area contributed by atoms with Crippen LogP contribution in [0.1, 0.15) is 125 Å². The Morgan fingerprint density at radius 3 is 1.40 bits per heavy atom. The Balaban J connectivity index is 2.18. The van der Waals surface area contributed by atoms with Gasteiger partial charge in [-0.15, -0.1) is 0 Å². The van der Waals surface area contributed by atoms with Crippen molar-refractivity contribution in [2.75, 3.05) is 0 Å². The Hall–Kier alpha value is -2.02. The van der Waals surface area contributed by atoms with E-state index in [1.165, 1.54) is 72.8 Å². The maximum absolute atomic E-state index is 5.13. The van der Waals surface area contributed by atoms with Gasteiger partial charge < -0.3 is 4.42 Å². The fraction of sp³-hybridized carbons (Fsp3) is 0.588. The smallest absolute Gasteiger partial charge is 0.0934 e. The van der Waals surface area contributed by atoms with Crippen molar-refractivity contribution < 1.29 is 4.42 Å². The van der Waals surface area contributed by atoms with Crippen molar-refractivity contribution in [3.63, 3.8) is 0 Å². The number of furan rings is 1. The van der Waals surface area contributed by atoms with Crippen LogP contribution in [0.25, 0.3) is 0 Å². The maximum atomic E-state index is 5.13. The minimum absolute atomic E-state index is 0.803. The second kappa shape index (κ2) is 19.2. The average Bonchev–Trinajstić information content (AvgIpc) is 3.31. The molecule has 0 aliphatic carbocycles. The molecule has 0 N–H and O–H groups in total. The number of hydrogen-bond donors (Lipinski definition) is 0. The Labute approximate surface area is 218 Å². The van der Waals surface area contributed by atoms with Gasteiger partial charge >= 0.3 is 0 Å². The quantitative estimate of drug-likeness (QED) is 0.191. The van der Waals surface area contributed by atoms with Crippen LogP contribution >= 0.6 is 0 Å². The zero-order chi connectivity index (χ0) is 25.9.